The fraction of sp³-hybridized carbons (Fsp3) is 0. The van der Waals surface area contributed by atoms with Crippen molar-refractivity contribution in [3.05, 3.63) is 18.0 Å². The van der Waals surface area contributed by atoms with Gasteiger partial charge in [0.25, 0.3) is 0 Å². The fourth-order valence-corrected chi connectivity index (χ4v) is 0.349. The van der Waals surface area contributed by atoms with Gasteiger partial charge in [-0.15, -0.1) is 0 Å². The number of rotatable bonds is 0. The maximum absolute atomic E-state index is 6.78. The summed E-state index contributed by atoms with van der Waals surface area (Å²) in [5.41, 5.74) is 5.01. The summed E-state index contributed by atoms with van der Waals surface area (Å²) in [4.78, 5) is 3.45. The summed E-state index contributed by atoms with van der Waals surface area (Å²) in [7, 11) is 0. The summed E-state index contributed by atoms with van der Waals surface area (Å²) in [5, 5.41) is 6.78. The number of hydrogen-bond acceptors (Lipinski definition) is 4. The first-order valence-electron chi connectivity index (χ1n) is 2.05. The molecule has 42 valence electrons. The van der Waals surface area contributed by atoms with Crippen LogP contribution in [0.2, 0.25) is 0 Å². The van der Waals surface area contributed by atoms with Crippen molar-refractivity contribution in [3.63, 3.8) is 0 Å². The quantitative estimate of drug-likeness (QED) is 0.484. The molecular formula is C4H5N3O. The number of nitrogens with two attached hydrogens (primary N) is 1. The second-order valence-electron chi connectivity index (χ2n) is 1.26. The third-order valence-electron chi connectivity index (χ3n) is 0.649. The van der Waals surface area contributed by atoms with Gasteiger partial charge in [-0.25, -0.2) is 5.41 Å². The molecule has 0 bridgehead atoms. The first kappa shape index (κ1) is 4.83. The van der Waals surface area contributed by atoms with Gasteiger partial charge in [-0.05, 0) is 0 Å². The normalized spacial score (nSPS) is 9.00. The van der Waals surface area contributed by atoms with Gasteiger partial charge >= 0.3 is 5.68 Å². The highest BCUT2D eigenvalue weighted by molar-refractivity contribution is 5.21. The van der Waals surface area contributed by atoms with Crippen molar-refractivity contribution >= 4 is 5.82 Å². The first-order valence-corrected chi connectivity index (χ1v) is 2.05. The molecule has 1 heterocycles. The second kappa shape index (κ2) is 1.65. The number of nitrogen functional groups attached to an aromatic ring is 1. The van der Waals surface area contributed by atoms with Crippen LogP contribution in [0.15, 0.2) is 16.7 Å². The zero-order chi connectivity index (χ0) is 5.98. The van der Waals surface area contributed by atoms with E-state index in [4.69, 9.17) is 11.1 Å². The molecule has 4 heteroatoms. The molecule has 0 aliphatic rings. The van der Waals surface area contributed by atoms with Crippen LogP contribution < -0.4 is 11.4 Å². The summed E-state index contributed by atoms with van der Waals surface area (Å²) in [6.07, 6.45) is 1.32. The predicted molar refractivity (Wildman–Crippen MR) is 26.8 cm³/mol. The van der Waals surface area contributed by atoms with Gasteiger partial charge in [-0.2, -0.15) is 4.98 Å². The highest BCUT2D eigenvalue weighted by Gasteiger charge is 1.81. The van der Waals surface area contributed by atoms with Crippen molar-refractivity contribution in [2.24, 2.45) is 0 Å². The SMILES string of the molecule is N=c1nc(N)cco1. The Labute approximate surface area is 45.5 Å². The van der Waals surface area contributed by atoms with Gasteiger partial charge in [0.15, 0.2) is 0 Å². The molecule has 1 rings (SSSR count). The van der Waals surface area contributed by atoms with Crippen LogP contribution in [0.3, 0.4) is 0 Å². The molecule has 1 aromatic heterocycles. The lowest BCUT2D eigenvalue weighted by Gasteiger charge is -1.84. The Kier molecular flexibility index (Phi) is 0.997. The van der Waals surface area contributed by atoms with Gasteiger partial charge < -0.3 is 10.2 Å². The van der Waals surface area contributed by atoms with E-state index >= 15 is 0 Å². The molecule has 3 N–H and O–H groups in total. The van der Waals surface area contributed by atoms with Crippen LogP contribution in [0.4, 0.5) is 5.82 Å². The van der Waals surface area contributed by atoms with Crippen LogP contribution >= 0.6 is 0 Å². The van der Waals surface area contributed by atoms with Crippen LogP contribution in [-0.4, -0.2) is 4.98 Å². The summed E-state index contributed by atoms with van der Waals surface area (Å²) in [6, 6.07) is 1.48. The van der Waals surface area contributed by atoms with E-state index < -0.39 is 0 Å². The molecule has 0 fully saturated rings. The van der Waals surface area contributed by atoms with Crippen molar-refractivity contribution in [2.45, 2.75) is 0 Å². The highest BCUT2D eigenvalue weighted by Crippen LogP contribution is 1.85. The molecule has 0 spiro atoms. The smallest absolute Gasteiger partial charge is 0.315 e. The standard InChI is InChI=1S/C4H5N3O/c5-3-1-2-8-4(6)7-3/h1-2H,(H3,5,6,7). The number of anilines is 1. The molecule has 0 radical (unpaired) electrons. The minimum atomic E-state index is -0.162. The predicted octanol–water partition coefficient (Wildman–Crippen LogP) is -0.264. The average Bonchev–Trinajstić information content (AvgIpc) is 1.64. The largest absolute Gasteiger partial charge is 0.432 e. The van der Waals surface area contributed by atoms with Gasteiger partial charge in [0, 0.05) is 6.07 Å². The maximum Gasteiger partial charge on any atom is 0.315 e. The first-order chi connectivity index (χ1) is 3.79. The van der Waals surface area contributed by atoms with Crippen molar-refractivity contribution in [2.75, 3.05) is 5.73 Å². The van der Waals surface area contributed by atoms with Crippen molar-refractivity contribution in [1.82, 2.24) is 4.98 Å². The summed E-state index contributed by atoms with van der Waals surface area (Å²) in [5.74, 6) is 0.307. The van der Waals surface area contributed by atoms with Crippen LogP contribution in [-0.2, 0) is 0 Å². The molecule has 0 saturated carbocycles. The van der Waals surface area contributed by atoms with Crippen LogP contribution in [0.25, 0.3) is 0 Å². The third kappa shape index (κ3) is 0.841. The Morgan fingerprint density at radius 2 is 2.50 bits per heavy atom. The molecule has 0 aliphatic heterocycles. The van der Waals surface area contributed by atoms with Gasteiger partial charge in [0.05, 0.1) is 6.26 Å². The van der Waals surface area contributed by atoms with Crippen LogP contribution in [0.1, 0.15) is 0 Å². The summed E-state index contributed by atoms with van der Waals surface area (Å²) >= 11 is 0. The van der Waals surface area contributed by atoms with Gasteiger partial charge in [0.1, 0.15) is 5.82 Å². The van der Waals surface area contributed by atoms with Crippen molar-refractivity contribution in [3.8, 4) is 0 Å². The molecule has 0 aliphatic carbocycles. The molecule has 0 unspecified atom stereocenters. The minimum absolute atomic E-state index is 0.162. The molecule has 0 atom stereocenters. The van der Waals surface area contributed by atoms with E-state index in [1.54, 1.807) is 0 Å². The molecule has 0 saturated heterocycles. The lowest BCUT2D eigenvalue weighted by Crippen LogP contribution is -2.05. The topological polar surface area (TPSA) is 75.9 Å². The molecule has 0 aromatic carbocycles. The lowest BCUT2D eigenvalue weighted by molar-refractivity contribution is 0.459. The van der Waals surface area contributed by atoms with Crippen LogP contribution in [0.5, 0.6) is 0 Å². The number of hydrogen-bond donors (Lipinski definition) is 2. The zero-order valence-electron chi connectivity index (χ0n) is 4.09. The Balaban J connectivity index is 3.28. The highest BCUT2D eigenvalue weighted by atomic mass is 16.3. The van der Waals surface area contributed by atoms with Crippen LogP contribution in [0, 0.1) is 5.41 Å². The zero-order valence-corrected chi connectivity index (χ0v) is 4.09. The number of aromatic nitrogens is 1. The number of nitrogens with zero attached hydrogens (tertiary/aromatic N) is 1. The maximum atomic E-state index is 6.78. The fourth-order valence-electron chi connectivity index (χ4n) is 0.349. The van der Waals surface area contributed by atoms with E-state index in [9.17, 15) is 0 Å². The summed E-state index contributed by atoms with van der Waals surface area (Å²) in [6.45, 7) is 0. The van der Waals surface area contributed by atoms with E-state index in [1.165, 1.54) is 12.3 Å². The van der Waals surface area contributed by atoms with E-state index in [-0.39, 0.29) is 5.68 Å². The van der Waals surface area contributed by atoms with E-state index in [2.05, 4.69) is 9.40 Å². The number of nitrogens with one attached hydrogen (secondary N) is 1. The van der Waals surface area contributed by atoms with E-state index in [0.29, 0.717) is 5.82 Å². The third-order valence-corrected chi connectivity index (χ3v) is 0.649. The van der Waals surface area contributed by atoms with Crippen molar-refractivity contribution in [1.29, 1.82) is 5.41 Å². The van der Waals surface area contributed by atoms with Crippen molar-refractivity contribution < 1.29 is 4.42 Å². The molecule has 1 aromatic rings. The Morgan fingerprint density at radius 1 is 1.75 bits per heavy atom. The Morgan fingerprint density at radius 3 is 2.88 bits per heavy atom. The molecule has 4 nitrogen and oxygen atoms in total. The molecule has 0 amide bonds. The second-order valence-corrected chi connectivity index (χ2v) is 1.26. The molecular weight excluding hydrogens is 106 g/mol. The minimum Gasteiger partial charge on any atom is -0.432 e. The monoisotopic (exact) mass is 111 g/mol. The van der Waals surface area contributed by atoms with E-state index in [1.807, 2.05) is 0 Å². The Hall–Kier alpha value is -1.32. The Bertz CT molecular complexity index is 229. The summed E-state index contributed by atoms with van der Waals surface area (Å²) < 4.78 is 4.48. The van der Waals surface area contributed by atoms with E-state index in [0.717, 1.165) is 0 Å². The van der Waals surface area contributed by atoms with Gasteiger partial charge in [-0.3, -0.25) is 0 Å². The van der Waals surface area contributed by atoms with Gasteiger partial charge in [0.2, 0.25) is 0 Å². The van der Waals surface area contributed by atoms with Gasteiger partial charge in [-0.1, -0.05) is 0 Å². The molecule has 8 heavy (non-hydrogen) atoms. The lowest BCUT2D eigenvalue weighted by atomic mass is 10.6. The average molecular weight is 111 g/mol.